The molecule has 5 heteroatoms. The van der Waals surface area contributed by atoms with Crippen molar-refractivity contribution < 1.29 is 5.11 Å². The van der Waals surface area contributed by atoms with Crippen LogP contribution in [0.25, 0.3) is 49.0 Å². The third kappa shape index (κ3) is 1.39. The molecule has 0 atom stereocenters. The highest BCUT2D eigenvalue weighted by atomic mass is 16.3. The molecule has 0 aliphatic rings. The van der Waals surface area contributed by atoms with E-state index in [0.717, 1.165) is 38.1 Å². The molecule has 0 saturated carbocycles. The quantitative estimate of drug-likeness (QED) is 0.446. The maximum absolute atomic E-state index is 12.7. The number of benzene rings is 2. The first-order valence-electron chi connectivity index (χ1n) is 8.02. The predicted octanol–water partition coefficient (Wildman–Crippen LogP) is 3.78. The SMILES string of the molecule is O=c1[nH]c(O)c2c1c1c3ccccc3nc1c1cccc3ccn2c31. The van der Waals surface area contributed by atoms with Gasteiger partial charge in [-0.2, -0.15) is 0 Å². The molecule has 0 saturated heterocycles. The molecule has 0 amide bonds. The molecule has 6 rings (SSSR count). The van der Waals surface area contributed by atoms with Gasteiger partial charge in [0, 0.05) is 27.7 Å². The van der Waals surface area contributed by atoms with Crippen LogP contribution in [-0.4, -0.2) is 19.5 Å². The van der Waals surface area contributed by atoms with E-state index in [-0.39, 0.29) is 11.4 Å². The first-order chi connectivity index (χ1) is 12.2. The number of hydrogen-bond donors (Lipinski definition) is 2. The Morgan fingerprint density at radius 3 is 2.68 bits per heavy atom. The van der Waals surface area contributed by atoms with E-state index in [9.17, 15) is 9.90 Å². The van der Waals surface area contributed by atoms with Crippen molar-refractivity contribution in [1.82, 2.24) is 14.4 Å². The van der Waals surface area contributed by atoms with E-state index < -0.39 is 0 Å². The molecule has 0 bridgehead atoms. The van der Waals surface area contributed by atoms with Crippen molar-refractivity contribution in [2.24, 2.45) is 0 Å². The summed E-state index contributed by atoms with van der Waals surface area (Å²) in [5.41, 5.74) is 2.75. The van der Waals surface area contributed by atoms with Gasteiger partial charge in [0.2, 0.25) is 5.88 Å². The molecule has 2 N–H and O–H groups in total. The molecule has 0 aliphatic heterocycles. The number of aromatic hydroxyl groups is 1. The Balaban J connectivity index is 2.19. The molecule has 6 aromatic rings. The zero-order valence-corrected chi connectivity index (χ0v) is 12.9. The molecular weight excluding hydrogens is 314 g/mol. The monoisotopic (exact) mass is 325 g/mol. The highest BCUT2D eigenvalue weighted by Gasteiger charge is 2.20. The number of aromatic nitrogens is 3. The van der Waals surface area contributed by atoms with Crippen LogP contribution in [0.5, 0.6) is 5.88 Å². The normalized spacial score (nSPS) is 12.3. The van der Waals surface area contributed by atoms with Crippen LogP contribution >= 0.6 is 0 Å². The van der Waals surface area contributed by atoms with E-state index >= 15 is 0 Å². The third-order valence-electron chi connectivity index (χ3n) is 5.02. The van der Waals surface area contributed by atoms with Crippen molar-refractivity contribution >= 4 is 49.0 Å². The molecular formula is C20H11N3O2. The first kappa shape index (κ1) is 12.8. The van der Waals surface area contributed by atoms with E-state index in [2.05, 4.69) is 4.98 Å². The molecule has 4 heterocycles. The summed E-state index contributed by atoms with van der Waals surface area (Å²) < 4.78 is 1.88. The third-order valence-corrected chi connectivity index (χ3v) is 5.02. The maximum Gasteiger partial charge on any atom is 0.261 e. The lowest BCUT2D eigenvalue weighted by Gasteiger charge is -1.97. The van der Waals surface area contributed by atoms with E-state index in [4.69, 9.17) is 4.98 Å². The standard InChI is InChI=1S/C20H11N3O2/c24-19-15-14-11-5-1-2-7-13(11)21-16(14)12-6-3-4-10-8-9-23(17(10)12)18(15)20(25)22-19/h1-9,25H,(H,22,24). The van der Waals surface area contributed by atoms with Gasteiger partial charge in [-0.15, -0.1) is 0 Å². The fourth-order valence-electron chi connectivity index (χ4n) is 4.03. The number of para-hydroxylation sites is 2. The molecule has 5 nitrogen and oxygen atoms in total. The Labute approximate surface area is 140 Å². The summed E-state index contributed by atoms with van der Waals surface area (Å²) in [6.07, 6.45) is 1.88. The predicted molar refractivity (Wildman–Crippen MR) is 98.7 cm³/mol. The second-order valence-electron chi connectivity index (χ2n) is 6.31. The van der Waals surface area contributed by atoms with Crippen LogP contribution in [0.1, 0.15) is 0 Å². The molecule has 2 aromatic carbocycles. The zero-order chi connectivity index (χ0) is 16.7. The number of nitrogens with zero attached hydrogens (tertiary/aromatic N) is 2. The van der Waals surface area contributed by atoms with Gasteiger partial charge in [-0.25, -0.2) is 4.98 Å². The lowest BCUT2D eigenvalue weighted by Crippen LogP contribution is -1.96. The van der Waals surface area contributed by atoms with Gasteiger partial charge in [-0.1, -0.05) is 36.4 Å². The van der Waals surface area contributed by atoms with Gasteiger partial charge in [0.1, 0.15) is 5.52 Å². The molecule has 0 spiro atoms. The number of H-pyrrole nitrogens is 1. The van der Waals surface area contributed by atoms with Gasteiger partial charge in [0.15, 0.2) is 0 Å². The summed E-state index contributed by atoms with van der Waals surface area (Å²) in [7, 11) is 0. The Hall–Kier alpha value is -3.60. The van der Waals surface area contributed by atoms with E-state index in [1.54, 1.807) is 0 Å². The molecule has 0 fully saturated rings. The van der Waals surface area contributed by atoms with Crippen molar-refractivity contribution in [2.75, 3.05) is 0 Å². The Kier molecular flexibility index (Phi) is 2.08. The van der Waals surface area contributed by atoms with E-state index in [1.807, 2.05) is 59.1 Å². The minimum absolute atomic E-state index is 0.120. The van der Waals surface area contributed by atoms with Gasteiger partial charge in [-0.3, -0.25) is 9.78 Å². The number of aromatic amines is 1. The van der Waals surface area contributed by atoms with Crippen molar-refractivity contribution in [3.05, 3.63) is 65.1 Å². The fourth-order valence-corrected chi connectivity index (χ4v) is 4.03. The lowest BCUT2D eigenvalue weighted by molar-refractivity contribution is 0.460. The smallest absolute Gasteiger partial charge is 0.261 e. The van der Waals surface area contributed by atoms with Gasteiger partial charge < -0.3 is 9.51 Å². The van der Waals surface area contributed by atoms with E-state index in [0.29, 0.717) is 10.9 Å². The second-order valence-corrected chi connectivity index (χ2v) is 6.31. The average molecular weight is 325 g/mol. The maximum atomic E-state index is 12.7. The molecule has 0 radical (unpaired) electrons. The molecule has 0 unspecified atom stereocenters. The topological polar surface area (TPSA) is 70.4 Å². The summed E-state index contributed by atoms with van der Waals surface area (Å²) >= 11 is 0. The first-order valence-corrected chi connectivity index (χ1v) is 8.02. The van der Waals surface area contributed by atoms with Crippen molar-refractivity contribution in [2.45, 2.75) is 0 Å². The lowest BCUT2D eigenvalue weighted by atomic mass is 10.1. The van der Waals surface area contributed by atoms with Gasteiger partial charge in [0.25, 0.3) is 5.56 Å². The molecule has 118 valence electrons. The van der Waals surface area contributed by atoms with Crippen molar-refractivity contribution in [3.63, 3.8) is 0 Å². The molecule has 4 aromatic heterocycles. The van der Waals surface area contributed by atoms with Crippen LogP contribution < -0.4 is 5.56 Å². The summed E-state index contributed by atoms with van der Waals surface area (Å²) in [6, 6.07) is 15.8. The van der Waals surface area contributed by atoms with Crippen LogP contribution in [0.2, 0.25) is 0 Å². The van der Waals surface area contributed by atoms with Crippen LogP contribution in [0.4, 0.5) is 0 Å². The minimum atomic E-state index is -0.304. The fraction of sp³-hybridized carbons (Fsp3) is 0. The van der Waals surface area contributed by atoms with Crippen molar-refractivity contribution in [1.29, 1.82) is 0 Å². The largest absolute Gasteiger partial charge is 0.493 e. The Morgan fingerprint density at radius 1 is 0.920 bits per heavy atom. The summed E-state index contributed by atoms with van der Waals surface area (Å²) in [5, 5.41) is 14.6. The Bertz CT molecular complexity index is 1530. The van der Waals surface area contributed by atoms with Crippen LogP contribution in [0.3, 0.4) is 0 Å². The van der Waals surface area contributed by atoms with Crippen LogP contribution in [0, 0.1) is 0 Å². The molecule has 0 aliphatic carbocycles. The highest BCUT2D eigenvalue weighted by molar-refractivity contribution is 6.26. The van der Waals surface area contributed by atoms with Gasteiger partial charge in [0.05, 0.1) is 21.9 Å². The minimum Gasteiger partial charge on any atom is -0.493 e. The average Bonchev–Trinajstić information content (AvgIpc) is 3.25. The van der Waals surface area contributed by atoms with Crippen molar-refractivity contribution in [3.8, 4) is 5.88 Å². The van der Waals surface area contributed by atoms with Gasteiger partial charge >= 0.3 is 0 Å². The summed E-state index contributed by atoms with van der Waals surface area (Å²) in [4.78, 5) is 20.1. The molecule has 25 heavy (non-hydrogen) atoms. The second kappa shape index (κ2) is 4.08. The van der Waals surface area contributed by atoms with E-state index in [1.165, 1.54) is 0 Å². The highest BCUT2D eigenvalue weighted by Crippen LogP contribution is 2.38. The number of nitrogens with one attached hydrogen (secondary N) is 1. The summed E-state index contributed by atoms with van der Waals surface area (Å²) in [5.74, 6) is -0.120. The zero-order valence-electron chi connectivity index (χ0n) is 12.9. The summed E-state index contributed by atoms with van der Waals surface area (Å²) in [6.45, 7) is 0. The number of fused-ring (bicyclic) bond motifs is 7. The van der Waals surface area contributed by atoms with Gasteiger partial charge in [-0.05, 0) is 12.1 Å². The number of hydrogen-bond acceptors (Lipinski definition) is 3. The number of rotatable bonds is 0. The van der Waals surface area contributed by atoms with Crippen LogP contribution in [0.15, 0.2) is 59.5 Å². The Morgan fingerprint density at radius 2 is 1.76 bits per heavy atom. The van der Waals surface area contributed by atoms with Crippen LogP contribution in [-0.2, 0) is 0 Å².